The summed E-state index contributed by atoms with van der Waals surface area (Å²) in [5.41, 5.74) is 4.33. The summed E-state index contributed by atoms with van der Waals surface area (Å²) in [4.78, 5) is 35.1. The van der Waals surface area contributed by atoms with Crippen LogP contribution >= 0.6 is 0 Å². The number of benzene rings is 2. The maximum atomic E-state index is 12.7. The SMILES string of the molecule is Cc1ccc(CN(NC(=O)OC(C)(C)C)C(=O)Oc2ccc([N+](=O)[O-])cc2)c(C)c1. The lowest BCUT2D eigenvalue weighted by Gasteiger charge is -2.26. The molecule has 2 amide bonds. The molecule has 9 heteroatoms. The Bertz CT molecular complexity index is 935. The molecule has 9 nitrogen and oxygen atoms in total. The normalized spacial score (nSPS) is 10.8. The number of hydrogen-bond donors (Lipinski definition) is 1. The second-order valence-corrected chi connectivity index (χ2v) is 7.75. The molecule has 0 bridgehead atoms. The molecule has 2 aromatic rings. The molecule has 0 radical (unpaired) electrons. The van der Waals surface area contributed by atoms with Crippen LogP contribution in [0.25, 0.3) is 0 Å². The van der Waals surface area contributed by atoms with Crippen LogP contribution in [0.4, 0.5) is 15.3 Å². The number of carbonyl (C=O) groups is 2. The summed E-state index contributed by atoms with van der Waals surface area (Å²) in [6.45, 7) is 9.01. The Morgan fingerprint density at radius 2 is 1.73 bits per heavy atom. The highest BCUT2D eigenvalue weighted by Crippen LogP contribution is 2.19. The second kappa shape index (κ2) is 9.25. The van der Waals surface area contributed by atoms with Crippen LogP contribution in [0.3, 0.4) is 0 Å². The minimum absolute atomic E-state index is 0.0389. The van der Waals surface area contributed by atoms with Gasteiger partial charge in [-0.3, -0.25) is 10.1 Å². The molecule has 0 atom stereocenters. The predicted octanol–water partition coefficient (Wildman–Crippen LogP) is 4.65. The topological polar surface area (TPSA) is 111 Å². The fourth-order valence-electron chi connectivity index (χ4n) is 2.55. The van der Waals surface area contributed by atoms with Crippen LogP contribution in [0.15, 0.2) is 42.5 Å². The smallest absolute Gasteiger partial charge is 0.434 e. The van der Waals surface area contributed by atoms with Gasteiger partial charge in [-0.2, -0.15) is 0 Å². The molecule has 0 aliphatic rings. The van der Waals surface area contributed by atoms with Gasteiger partial charge in [0.05, 0.1) is 11.5 Å². The van der Waals surface area contributed by atoms with E-state index in [-0.39, 0.29) is 18.0 Å². The third-order valence-corrected chi connectivity index (χ3v) is 3.92. The number of hydrogen-bond acceptors (Lipinski definition) is 6. The van der Waals surface area contributed by atoms with E-state index in [0.717, 1.165) is 21.7 Å². The quantitative estimate of drug-likeness (QED) is 0.575. The van der Waals surface area contributed by atoms with Crippen molar-refractivity contribution in [2.75, 3.05) is 0 Å². The van der Waals surface area contributed by atoms with Crippen molar-refractivity contribution < 1.29 is 24.0 Å². The fraction of sp³-hybridized carbons (Fsp3) is 0.333. The van der Waals surface area contributed by atoms with E-state index in [2.05, 4.69) is 5.43 Å². The van der Waals surface area contributed by atoms with Gasteiger partial charge in [0.25, 0.3) is 5.69 Å². The van der Waals surface area contributed by atoms with Crippen molar-refractivity contribution in [3.05, 3.63) is 69.3 Å². The molecule has 160 valence electrons. The molecule has 0 saturated carbocycles. The summed E-state index contributed by atoms with van der Waals surface area (Å²) in [5.74, 6) is 0.0993. The minimum atomic E-state index is -0.866. The molecule has 0 aliphatic carbocycles. The van der Waals surface area contributed by atoms with Crippen LogP contribution in [0.2, 0.25) is 0 Å². The number of aryl methyl sites for hydroxylation is 2. The van der Waals surface area contributed by atoms with Gasteiger partial charge in [0, 0.05) is 12.1 Å². The summed E-state index contributed by atoms with van der Waals surface area (Å²) >= 11 is 0. The lowest BCUT2D eigenvalue weighted by atomic mass is 10.1. The fourth-order valence-corrected chi connectivity index (χ4v) is 2.55. The Hall–Kier alpha value is -3.62. The van der Waals surface area contributed by atoms with Crippen LogP contribution in [0, 0.1) is 24.0 Å². The van der Waals surface area contributed by atoms with Gasteiger partial charge in [0.2, 0.25) is 0 Å². The zero-order valence-corrected chi connectivity index (χ0v) is 17.6. The first-order valence-corrected chi connectivity index (χ1v) is 9.24. The number of carbonyl (C=O) groups excluding carboxylic acids is 2. The van der Waals surface area contributed by atoms with E-state index in [4.69, 9.17) is 9.47 Å². The molecule has 0 unspecified atom stereocenters. The number of hydrazine groups is 1. The van der Waals surface area contributed by atoms with Crippen LogP contribution in [-0.2, 0) is 11.3 Å². The van der Waals surface area contributed by atoms with Gasteiger partial charge in [0.1, 0.15) is 11.4 Å². The highest BCUT2D eigenvalue weighted by Gasteiger charge is 2.24. The zero-order valence-electron chi connectivity index (χ0n) is 17.6. The van der Waals surface area contributed by atoms with Crippen molar-refractivity contribution in [1.29, 1.82) is 0 Å². The Morgan fingerprint density at radius 3 is 2.27 bits per heavy atom. The van der Waals surface area contributed by atoms with Crippen molar-refractivity contribution in [2.45, 2.75) is 46.8 Å². The van der Waals surface area contributed by atoms with Crippen molar-refractivity contribution >= 4 is 17.9 Å². The maximum absolute atomic E-state index is 12.7. The number of rotatable bonds is 4. The summed E-state index contributed by atoms with van der Waals surface area (Å²) in [6, 6.07) is 10.8. The number of amides is 2. The van der Waals surface area contributed by atoms with Gasteiger partial charge >= 0.3 is 12.2 Å². The largest absolute Gasteiger partial charge is 0.443 e. The number of ether oxygens (including phenoxy) is 2. The van der Waals surface area contributed by atoms with Crippen molar-refractivity contribution in [3.63, 3.8) is 0 Å². The molecule has 0 aromatic heterocycles. The van der Waals surface area contributed by atoms with Crippen molar-refractivity contribution in [3.8, 4) is 5.75 Å². The van der Waals surface area contributed by atoms with E-state index in [0.29, 0.717) is 0 Å². The maximum Gasteiger partial charge on any atom is 0.434 e. The predicted molar refractivity (Wildman–Crippen MR) is 110 cm³/mol. The third kappa shape index (κ3) is 6.77. The first-order chi connectivity index (χ1) is 13.9. The molecule has 2 rings (SSSR count). The average molecular weight is 415 g/mol. The molecular formula is C21H25N3O6. The number of nitro benzene ring substituents is 1. The van der Waals surface area contributed by atoms with Gasteiger partial charge in [0.15, 0.2) is 0 Å². The van der Waals surface area contributed by atoms with E-state index < -0.39 is 22.7 Å². The van der Waals surface area contributed by atoms with Crippen LogP contribution in [0.5, 0.6) is 5.75 Å². The first-order valence-electron chi connectivity index (χ1n) is 9.24. The van der Waals surface area contributed by atoms with Gasteiger partial charge in [-0.15, -0.1) is 0 Å². The molecule has 0 saturated heterocycles. The third-order valence-electron chi connectivity index (χ3n) is 3.92. The number of nitro groups is 1. The Balaban J connectivity index is 2.20. The van der Waals surface area contributed by atoms with Crippen molar-refractivity contribution in [1.82, 2.24) is 10.4 Å². The van der Waals surface area contributed by atoms with E-state index in [1.807, 2.05) is 32.0 Å². The molecule has 0 aliphatic heterocycles. The van der Waals surface area contributed by atoms with Gasteiger partial charge in [-0.05, 0) is 57.9 Å². The summed E-state index contributed by atoms with van der Waals surface area (Å²) in [7, 11) is 0. The highest BCUT2D eigenvalue weighted by atomic mass is 16.6. The molecular weight excluding hydrogens is 390 g/mol. The molecule has 0 spiro atoms. The lowest BCUT2D eigenvalue weighted by molar-refractivity contribution is -0.384. The Kier molecular flexibility index (Phi) is 6.99. The van der Waals surface area contributed by atoms with Crippen LogP contribution in [-0.4, -0.2) is 27.7 Å². The molecule has 0 fully saturated rings. The summed E-state index contributed by atoms with van der Waals surface area (Å²) in [6.07, 6.45) is -1.68. The number of nitrogens with zero attached hydrogens (tertiary/aromatic N) is 2. The minimum Gasteiger partial charge on any atom is -0.443 e. The van der Waals surface area contributed by atoms with E-state index in [1.165, 1.54) is 24.3 Å². The molecule has 1 N–H and O–H groups in total. The standard InChI is InChI=1S/C21H25N3O6/c1-14-6-7-16(15(2)12-14)13-23(22-19(25)30-21(3,4)5)20(26)29-18-10-8-17(9-11-18)24(27)28/h6-12H,13H2,1-5H3,(H,22,25). The van der Waals surface area contributed by atoms with Crippen LogP contribution < -0.4 is 10.2 Å². The monoisotopic (exact) mass is 415 g/mol. The number of non-ortho nitro benzene ring substituents is 1. The van der Waals surface area contributed by atoms with E-state index >= 15 is 0 Å². The lowest BCUT2D eigenvalue weighted by Crippen LogP contribution is -2.48. The van der Waals surface area contributed by atoms with E-state index in [9.17, 15) is 19.7 Å². The van der Waals surface area contributed by atoms with E-state index in [1.54, 1.807) is 20.8 Å². The summed E-state index contributed by atoms with van der Waals surface area (Å²) in [5, 5.41) is 11.8. The molecule has 0 heterocycles. The average Bonchev–Trinajstić information content (AvgIpc) is 2.62. The van der Waals surface area contributed by atoms with Gasteiger partial charge < -0.3 is 9.47 Å². The summed E-state index contributed by atoms with van der Waals surface area (Å²) < 4.78 is 10.5. The Morgan fingerprint density at radius 1 is 1.10 bits per heavy atom. The highest BCUT2D eigenvalue weighted by molar-refractivity contribution is 5.75. The molecule has 30 heavy (non-hydrogen) atoms. The van der Waals surface area contributed by atoms with Gasteiger partial charge in [-0.25, -0.2) is 20.0 Å². The zero-order chi connectivity index (χ0) is 22.5. The first kappa shape index (κ1) is 22.7. The van der Waals surface area contributed by atoms with Crippen molar-refractivity contribution in [2.24, 2.45) is 0 Å². The van der Waals surface area contributed by atoms with Gasteiger partial charge in [-0.1, -0.05) is 23.8 Å². The van der Waals surface area contributed by atoms with Crippen LogP contribution in [0.1, 0.15) is 37.5 Å². The molecule has 2 aromatic carbocycles. The second-order valence-electron chi connectivity index (χ2n) is 7.75. The Labute approximate surface area is 174 Å². The number of nitrogens with one attached hydrogen (secondary N) is 1.